The summed E-state index contributed by atoms with van der Waals surface area (Å²) in [4.78, 5) is 10.1. The predicted octanol–water partition coefficient (Wildman–Crippen LogP) is 11.0. The van der Waals surface area contributed by atoms with Gasteiger partial charge < -0.3 is 0 Å². The van der Waals surface area contributed by atoms with Gasteiger partial charge in [0.2, 0.25) is 0 Å². The Kier molecular flexibility index (Phi) is 5.20. The van der Waals surface area contributed by atoms with Gasteiger partial charge in [0.05, 0.1) is 16.7 Å². The van der Waals surface area contributed by atoms with E-state index in [9.17, 15) is 0 Å². The van der Waals surface area contributed by atoms with Crippen LogP contribution in [0, 0.1) is 6.92 Å². The van der Waals surface area contributed by atoms with Crippen LogP contribution < -0.4 is 0 Å². The summed E-state index contributed by atoms with van der Waals surface area (Å²) in [6.45, 7) is 6.87. The lowest BCUT2D eigenvalue weighted by atomic mass is 9.81. The van der Waals surface area contributed by atoms with Crippen LogP contribution in [0.2, 0.25) is 0 Å². The van der Waals surface area contributed by atoms with Crippen molar-refractivity contribution in [1.82, 2.24) is 9.97 Å². The number of nitrogens with zero attached hydrogens (tertiary/aromatic N) is 2. The molecule has 6 aromatic carbocycles. The zero-order valence-corrected chi connectivity index (χ0v) is 25.0. The molecule has 2 heteroatoms. The molecule has 0 amide bonds. The van der Waals surface area contributed by atoms with E-state index in [1.54, 1.807) is 0 Å². The summed E-state index contributed by atoms with van der Waals surface area (Å²) in [5.41, 5.74) is 13.2. The Balaban J connectivity index is 1.37. The van der Waals surface area contributed by atoms with Gasteiger partial charge in [-0.15, -0.1) is 0 Å². The van der Waals surface area contributed by atoms with Crippen molar-refractivity contribution < 1.29 is 0 Å². The van der Waals surface area contributed by atoms with Crippen molar-refractivity contribution in [3.8, 4) is 33.5 Å². The van der Waals surface area contributed by atoms with Gasteiger partial charge in [-0.2, -0.15) is 0 Å². The Hall–Kier alpha value is -5.34. The van der Waals surface area contributed by atoms with Gasteiger partial charge in [-0.05, 0) is 80.0 Å². The van der Waals surface area contributed by atoms with E-state index in [0.29, 0.717) is 0 Å². The van der Waals surface area contributed by atoms with Crippen molar-refractivity contribution in [2.24, 2.45) is 0 Å². The molecule has 0 bridgehead atoms. The van der Waals surface area contributed by atoms with Crippen LogP contribution in [-0.4, -0.2) is 9.97 Å². The summed E-state index contributed by atoms with van der Waals surface area (Å²) in [6.07, 6.45) is 1.86. The number of aryl methyl sites for hydroxylation is 1. The maximum atomic E-state index is 5.32. The average Bonchev–Trinajstić information content (AvgIpc) is 3.29. The van der Waals surface area contributed by atoms with Crippen LogP contribution in [-0.2, 0) is 5.41 Å². The fourth-order valence-electron chi connectivity index (χ4n) is 7.62. The van der Waals surface area contributed by atoms with Crippen molar-refractivity contribution in [1.29, 1.82) is 0 Å². The van der Waals surface area contributed by atoms with Crippen LogP contribution >= 0.6 is 0 Å². The minimum Gasteiger partial charge on any atom is -0.254 e. The first-order valence-corrected chi connectivity index (χ1v) is 15.3. The van der Waals surface area contributed by atoms with E-state index in [4.69, 9.17) is 9.97 Å². The Bertz CT molecular complexity index is 2480. The molecule has 0 radical (unpaired) electrons. The van der Waals surface area contributed by atoms with E-state index in [1.165, 1.54) is 66.1 Å². The average molecular weight is 563 g/mol. The minimum atomic E-state index is -0.0180. The fourth-order valence-corrected chi connectivity index (χ4v) is 7.62. The van der Waals surface area contributed by atoms with E-state index >= 15 is 0 Å². The van der Waals surface area contributed by atoms with Crippen molar-refractivity contribution in [3.05, 3.63) is 144 Å². The first-order valence-electron chi connectivity index (χ1n) is 15.3. The Morgan fingerprint density at radius 3 is 2.09 bits per heavy atom. The predicted molar refractivity (Wildman–Crippen MR) is 185 cm³/mol. The summed E-state index contributed by atoms with van der Waals surface area (Å²) >= 11 is 0. The fraction of sp³-hybridized carbons (Fsp3) is 0.0952. The molecule has 208 valence electrons. The molecular formula is C42H30N2. The highest BCUT2D eigenvalue weighted by Crippen LogP contribution is 2.51. The second kappa shape index (κ2) is 9.08. The molecule has 44 heavy (non-hydrogen) atoms. The van der Waals surface area contributed by atoms with Gasteiger partial charge in [0.15, 0.2) is 0 Å². The molecule has 0 unspecified atom stereocenters. The van der Waals surface area contributed by atoms with Gasteiger partial charge in [-0.25, -0.2) is 4.98 Å². The number of rotatable bonds is 2. The normalized spacial score (nSPS) is 13.5. The van der Waals surface area contributed by atoms with Crippen LogP contribution in [0.4, 0.5) is 0 Å². The summed E-state index contributed by atoms with van der Waals surface area (Å²) in [7, 11) is 0. The van der Waals surface area contributed by atoms with Gasteiger partial charge in [0.25, 0.3) is 0 Å². The molecule has 0 saturated heterocycles. The Morgan fingerprint density at radius 1 is 0.523 bits per heavy atom. The van der Waals surface area contributed by atoms with E-state index in [2.05, 4.69) is 136 Å². The number of pyridine rings is 2. The van der Waals surface area contributed by atoms with Gasteiger partial charge in [-0.3, -0.25) is 4.98 Å². The molecule has 8 aromatic rings. The highest BCUT2D eigenvalue weighted by molar-refractivity contribution is 6.21. The minimum absolute atomic E-state index is 0.0180. The first kappa shape index (κ1) is 25.2. The van der Waals surface area contributed by atoms with Crippen molar-refractivity contribution in [2.75, 3.05) is 0 Å². The van der Waals surface area contributed by atoms with E-state index in [0.717, 1.165) is 27.5 Å². The lowest BCUT2D eigenvalue weighted by Gasteiger charge is -2.22. The van der Waals surface area contributed by atoms with E-state index in [1.807, 2.05) is 12.3 Å². The van der Waals surface area contributed by atoms with Gasteiger partial charge in [0, 0.05) is 27.9 Å². The largest absolute Gasteiger partial charge is 0.254 e. The highest BCUT2D eigenvalue weighted by Gasteiger charge is 2.35. The highest BCUT2D eigenvalue weighted by atomic mass is 14.8. The van der Waals surface area contributed by atoms with Crippen LogP contribution in [0.15, 0.2) is 128 Å². The molecule has 9 rings (SSSR count). The molecule has 2 nitrogen and oxygen atoms in total. The summed E-state index contributed by atoms with van der Waals surface area (Å²) in [6, 6.07) is 44.4. The summed E-state index contributed by atoms with van der Waals surface area (Å²) < 4.78 is 0. The molecule has 0 spiro atoms. The van der Waals surface area contributed by atoms with Crippen LogP contribution in [0.5, 0.6) is 0 Å². The standard InChI is InChI=1S/C42H30N2/c1-25-14-19-32-34(23-25)38(28-17-20-36-33(24-28)29-10-6-7-13-35(29)42(36,2)3)30-11-4-5-12-31(30)39(32)37-21-18-27-16-15-26-9-8-22-43-40(26)41(27)44-37/h4-24H,1-3H3. The quantitative estimate of drug-likeness (QED) is 0.155. The molecule has 0 atom stereocenters. The molecule has 0 fully saturated rings. The molecule has 1 aliphatic carbocycles. The van der Waals surface area contributed by atoms with E-state index in [-0.39, 0.29) is 5.41 Å². The number of hydrogen-bond acceptors (Lipinski definition) is 2. The van der Waals surface area contributed by atoms with Crippen molar-refractivity contribution in [2.45, 2.75) is 26.2 Å². The maximum Gasteiger partial charge on any atom is 0.0972 e. The number of fused-ring (bicyclic) bond motifs is 8. The summed E-state index contributed by atoms with van der Waals surface area (Å²) in [5.74, 6) is 0. The zero-order chi connectivity index (χ0) is 29.6. The zero-order valence-electron chi connectivity index (χ0n) is 25.0. The van der Waals surface area contributed by atoms with Gasteiger partial charge >= 0.3 is 0 Å². The number of benzene rings is 6. The maximum absolute atomic E-state index is 5.32. The Labute approximate surface area is 256 Å². The number of hydrogen-bond donors (Lipinski definition) is 0. The molecule has 2 aromatic heterocycles. The van der Waals surface area contributed by atoms with Crippen LogP contribution in [0.3, 0.4) is 0 Å². The molecule has 0 saturated carbocycles. The van der Waals surface area contributed by atoms with Gasteiger partial charge in [-0.1, -0.05) is 123 Å². The van der Waals surface area contributed by atoms with Gasteiger partial charge in [0.1, 0.15) is 0 Å². The molecule has 2 heterocycles. The molecule has 1 aliphatic rings. The van der Waals surface area contributed by atoms with Crippen LogP contribution in [0.1, 0.15) is 30.5 Å². The summed E-state index contributed by atoms with van der Waals surface area (Å²) in [5, 5.41) is 7.12. The lowest BCUT2D eigenvalue weighted by molar-refractivity contribution is 0.660. The van der Waals surface area contributed by atoms with Crippen molar-refractivity contribution in [3.63, 3.8) is 0 Å². The number of aromatic nitrogens is 2. The second-order valence-corrected chi connectivity index (χ2v) is 12.7. The third-order valence-corrected chi connectivity index (χ3v) is 9.74. The third-order valence-electron chi connectivity index (χ3n) is 9.74. The van der Waals surface area contributed by atoms with E-state index < -0.39 is 0 Å². The van der Waals surface area contributed by atoms with Crippen LogP contribution in [0.25, 0.3) is 76.9 Å². The molecule has 0 N–H and O–H groups in total. The third kappa shape index (κ3) is 3.48. The lowest BCUT2D eigenvalue weighted by Crippen LogP contribution is -2.14. The Morgan fingerprint density at radius 2 is 1.23 bits per heavy atom. The SMILES string of the molecule is Cc1ccc2c(-c3ccc4ccc5cccnc5c4n3)c3ccccc3c(-c3ccc4c(c3)-c3ccccc3C4(C)C)c2c1. The topological polar surface area (TPSA) is 25.8 Å². The second-order valence-electron chi connectivity index (χ2n) is 12.7. The molecule has 0 aliphatic heterocycles. The smallest absolute Gasteiger partial charge is 0.0972 e. The molecular weight excluding hydrogens is 532 g/mol. The monoisotopic (exact) mass is 562 g/mol. The van der Waals surface area contributed by atoms with Crippen molar-refractivity contribution >= 4 is 43.4 Å². The first-order chi connectivity index (χ1) is 21.5.